The summed E-state index contributed by atoms with van der Waals surface area (Å²) in [4.78, 5) is 42.2. The van der Waals surface area contributed by atoms with E-state index in [2.05, 4.69) is 27.2 Å². The lowest BCUT2D eigenvalue weighted by molar-refractivity contribution is -0.134. The summed E-state index contributed by atoms with van der Waals surface area (Å²) in [6.07, 6.45) is 0.769. The van der Waals surface area contributed by atoms with Crippen LogP contribution < -0.4 is 10.2 Å². The van der Waals surface area contributed by atoms with Crippen molar-refractivity contribution in [3.8, 4) is 0 Å². The average Bonchev–Trinajstić information content (AvgIpc) is 2.70. The maximum absolute atomic E-state index is 12.1. The molecule has 8 nitrogen and oxygen atoms in total. The number of hydrogen-bond donors (Lipinski definition) is 1. The van der Waals surface area contributed by atoms with Crippen LogP contribution in [0.4, 0.5) is 10.5 Å². The molecule has 0 saturated carbocycles. The van der Waals surface area contributed by atoms with Crippen molar-refractivity contribution in [1.29, 1.82) is 0 Å². The molecule has 0 aromatic heterocycles. The van der Waals surface area contributed by atoms with Gasteiger partial charge in [-0.15, -0.1) is 0 Å². The maximum atomic E-state index is 12.1. The molecule has 32 heavy (non-hydrogen) atoms. The van der Waals surface area contributed by atoms with Crippen LogP contribution in [0.2, 0.25) is 0 Å². The van der Waals surface area contributed by atoms with Gasteiger partial charge in [-0.25, -0.2) is 4.79 Å². The van der Waals surface area contributed by atoms with Crippen molar-refractivity contribution in [2.45, 2.75) is 45.1 Å². The van der Waals surface area contributed by atoms with Crippen LogP contribution in [0, 0.1) is 5.92 Å². The average molecular weight is 443 g/mol. The maximum Gasteiger partial charge on any atom is 0.410 e. The predicted octanol–water partition coefficient (Wildman–Crippen LogP) is 2.20. The summed E-state index contributed by atoms with van der Waals surface area (Å²) in [6.45, 7) is 12.2. The van der Waals surface area contributed by atoms with Gasteiger partial charge in [-0.05, 0) is 44.9 Å². The Morgan fingerprint density at radius 1 is 1.06 bits per heavy atom. The number of imide groups is 1. The molecule has 4 rings (SSSR count). The second-order valence-corrected chi connectivity index (χ2v) is 10.1. The van der Waals surface area contributed by atoms with Gasteiger partial charge in [0.25, 0.3) is 0 Å². The Labute approximate surface area is 189 Å². The topological polar surface area (TPSA) is 82.2 Å². The van der Waals surface area contributed by atoms with Gasteiger partial charge in [0.15, 0.2) is 0 Å². The van der Waals surface area contributed by atoms with E-state index in [9.17, 15) is 14.4 Å². The standard InChI is InChI=1S/C24H34N4O4/c1-24(2,3)32-23(31)28-15-17(16-28)14-26-10-12-27(13-11-26)19-6-4-18(5-7-19)20-8-9-21(29)25-22(20)30/h4-7,17,20H,8-16H2,1-3H3,(H,25,29,30). The van der Waals surface area contributed by atoms with Crippen molar-refractivity contribution < 1.29 is 19.1 Å². The van der Waals surface area contributed by atoms with E-state index >= 15 is 0 Å². The number of hydrogen-bond acceptors (Lipinski definition) is 6. The molecule has 3 aliphatic rings. The number of likely N-dealkylation sites (tertiary alicyclic amines) is 1. The van der Waals surface area contributed by atoms with Crippen LogP contribution >= 0.6 is 0 Å². The highest BCUT2D eigenvalue weighted by Crippen LogP contribution is 2.27. The summed E-state index contributed by atoms with van der Waals surface area (Å²) in [5, 5.41) is 2.43. The van der Waals surface area contributed by atoms with Crippen LogP contribution in [0.3, 0.4) is 0 Å². The first-order valence-corrected chi connectivity index (χ1v) is 11.6. The Hall–Kier alpha value is -2.61. The lowest BCUT2D eigenvalue weighted by atomic mass is 9.90. The van der Waals surface area contributed by atoms with E-state index in [0.29, 0.717) is 18.8 Å². The smallest absolute Gasteiger partial charge is 0.410 e. The minimum atomic E-state index is -0.446. The summed E-state index contributed by atoms with van der Waals surface area (Å²) < 4.78 is 5.43. The Morgan fingerprint density at radius 2 is 1.72 bits per heavy atom. The zero-order valence-corrected chi connectivity index (χ0v) is 19.3. The second-order valence-electron chi connectivity index (χ2n) is 10.1. The van der Waals surface area contributed by atoms with Gasteiger partial charge in [-0.2, -0.15) is 0 Å². The van der Waals surface area contributed by atoms with Crippen molar-refractivity contribution in [1.82, 2.24) is 15.1 Å². The van der Waals surface area contributed by atoms with Gasteiger partial charge in [0.05, 0.1) is 5.92 Å². The Morgan fingerprint density at radius 3 is 2.31 bits per heavy atom. The minimum Gasteiger partial charge on any atom is -0.444 e. The Balaban J connectivity index is 1.20. The Kier molecular flexibility index (Phi) is 6.42. The van der Waals surface area contributed by atoms with Crippen LogP contribution in [0.5, 0.6) is 0 Å². The Bertz CT molecular complexity index is 850. The lowest BCUT2D eigenvalue weighted by Gasteiger charge is -2.44. The number of amides is 3. The number of nitrogens with one attached hydrogen (secondary N) is 1. The zero-order chi connectivity index (χ0) is 22.9. The van der Waals surface area contributed by atoms with Crippen molar-refractivity contribution in [3.63, 3.8) is 0 Å². The van der Waals surface area contributed by atoms with Gasteiger partial charge in [0.2, 0.25) is 11.8 Å². The molecule has 1 N–H and O–H groups in total. The third kappa shape index (κ3) is 5.41. The molecule has 0 aliphatic carbocycles. The molecule has 3 amide bonds. The summed E-state index contributed by atoms with van der Waals surface area (Å²) in [5.41, 5.74) is 1.69. The zero-order valence-electron chi connectivity index (χ0n) is 19.3. The molecule has 0 radical (unpaired) electrons. The van der Waals surface area contributed by atoms with Gasteiger partial charge in [0, 0.05) is 63.8 Å². The third-order valence-electron chi connectivity index (χ3n) is 6.40. The second kappa shape index (κ2) is 9.10. The summed E-state index contributed by atoms with van der Waals surface area (Å²) in [6, 6.07) is 8.20. The van der Waals surface area contributed by atoms with Gasteiger partial charge in [0.1, 0.15) is 5.60 Å². The highest BCUT2D eigenvalue weighted by atomic mass is 16.6. The summed E-state index contributed by atoms with van der Waals surface area (Å²) in [7, 11) is 0. The number of carbonyl (C=O) groups is 3. The van der Waals surface area contributed by atoms with Gasteiger partial charge < -0.3 is 14.5 Å². The first kappa shape index (κ1) is 22.6. The van der Waals surface area contributed by atoms with Gasteiger partial charge in [-0.1, -0.05) is 12.1 Å². The van der Waals surface area contributed by atoms with Crippen LogP contribution in [0.25, 0.3) is 0 Å². The molecule has 3 heterocycles. The molecule has 174 valence electrons. The molecule has 1 unspecified atom stereocenters. The van der Waals surface area contributed by atoms with E-state index in [0.717, 1.165) is 51.4 Å². The molecular weight excluding hydrogens is 408 g/mol. The van der Waals surface area contributed by atoms with Crippen LogP contribution in [-0.4, -0.2) is 79.1 Å². The van der Waals surface area contributed by atoms with E-state index < -0.39 is 5.60 Å². The van der Waals surface area contributed by atoms with E-state index in [1.165, 1.54) is 5.69 Å². The largest absolute Gasteiger partial charge is 0.444 e. The lowest BCUT2D eigenvalue weighted by Crippen LogP contribution is -2.57. The molecular formula is C24H34N4O4. The number of anilines is 1. The van der Waals surface area contributed by atoms with Crippen molar-refractivity contribution in [3.05, 3.63) is 29.8 Å². The molecule has 3 saturated heterocycles. The van der Waals surface area contributed by atoms with Crippen molar-refractivity contribution in [2.24, 2.45) is 5.92 Å². The predicted molar refractivity (Wildman–Crippen MR) is 122 cm³/mol. The monoisotopic (exact) mass is 442 g/mol. The van der Waals surface area contributed by atoms with E-state index in [4.69, 9.17) is 4.74 Å². The number of rotatable bonds is 4. The first-order chi connectivity index (χ1) is 15.2. The van der Waals surface area contributed by atoms with E-state index in [-0.39, 0.29) is 23.8 Å². The van der Waals surface area contributed by atoms with E-state index in [1.807, 2.05) is 32.9 Å². The highest BCUT2D eigenvalue weighted by Gasteiger charge is 2.35. The normalized spacial score (nSPS) is 23.0. The van der Waals surface area contributed by atoms with Crippen LogP contribution in [0.1, 0.15) is 45.1 Å². The fourth-order valence-electron chi connectivity index (χ4n) is 4.64. The SMILES string of the molecule is CC(C)(C)OC(=O)N1CC(CN2CCN(c3ccc(C4CCC(=O)NC4=O)cc3)CC2)C1. The number of nitrogens with zero attached hydrogens (tertiary/aromatic N) is 3. The number of piperazine rings is 1. The van der Waals surface area contributed by atoms with Crippen molar-refractivity contribution >= 4 is 23.6 Å². The van der Waals surface area contributed by atoms with E-state index in [1.54, 1.807) is 4.90 Å². The molecule has 1 aromatic carbocycles. The quantitative estimate of drug-likeness (QED) is 0.720. The molecule has 0 bridgehead atoms. The minimum absolute atomic E-state index is 0.180. The summed E-state index contributed by atoms with van der Waals surface area (Å²) in [5.74, 6) is -0.0905. The summed E-state index contributed by atoms with van der Waals surface area (Å²) >= 11 is 0. The molecule has 3 aliphatic heterocycles. The molecule has 1 aromatic rings. The van der Waals surface area contributed by atoms with Crippen LogP contribution in [-0.2, 0) is 14.3 Å². The number of ether oxygens (including phenoxy) is 1. The van der Waals surface area contributed by atoms with Gasteiger partial charge in [-0.3, -0.25) is 19.8 Å². The van der Waals surface area contributed by atoms with Crippen LogP contribution in [0.15, 0.2) is 24.3 Å². The third-order valence-corrected chi connectivity index (χ3v) is 6.40. The fraction of sp³-hybridized carbons (Fsp3) is 0.625. The molecule has 1 atom stereocenters. The number of piperidine rings is 1. The first-order valence-electron chi connectivity index (χ1n) is 11.6. The molecule has 3 fully saturated rings. The fourth-order valence-corrected chi connectivity index (χ4v) is 4.64. The number of benzene rings is 1. The molecule has 8 heteroatoms. The van der Waals surface area contributed by atoms with Gasteiger partial charge >= 0.3 is 6.09 Å². The highest BCUT2D eigenvalue weighted by molar-refractivity contribution is 6.00. The van der Waals surface area contributed by atoms with Crippen molar-refractivity contribution in [2.75, 3.05) is 50.7 Å². The number of carbonyl (C=O) groups excluding carboxylic acids is 3. The molecule has 0 spiro atoms.